The number of aromatic nitrogens is 1. The molecule has 0 saturated carbocycles. The van der Waals surface area contributed by atoms with Crippen LogP contribution < -0.4 is 10.2 Å². The van der Waals surface area contributed by atoms with Gasteiger partial charge in [-0.2, -0.15) is 0 Å². The van der Waals surface area contributed by atoms with Gasteiger partial charge in [-0.05, 0) is 43.7 Å². The minimum atomic E-state index is -1.11. The van der Waals surface area contributed by atoms with Crippen molar-refractivity contribution in [3.63, 3.8) is 0 Å². The molecule has 0 bridgehead atoms. The van der Waals surface area contributed by atoms with E-state index < -0.39 is 17.9 Å². The van der Waals surface area contributed by atoms with E-state index >= 15 is 0 Å². The van der Waals surface area contributed by atoms with E-state index in [9.17, 15) is 14.0 Å². The van der Waals surface area contributed by atoms with Gasteiger partial charge in [0.1, 0.15) is 11.9 Å². The van der Waals surface area contributed by atoms with E-state index in [0.29, 0.717) is 22.9 Å². The largest absolute Gasteiger partial charge is 0.480 e. The molecule has 1 atom stereocenters. The first-order chi connectivity index (χ1) is 16.8. The van der Waals surface area contributed by atoms with E-state index in [1.54, 1.807) is 47.4 Å². The number of aryl methyl sites for hydroxylation is 1. The van der Waals surface area contributed by atoms with Gasteiger partial charge < -0.3 is 15.3 Å². The van der Waals surface area contributed by atoms with Crippen LogP contribution in [0.15, 0.2) is 78.2 Å². The number of benzene rings is 3. The summed E-state index contributed by atoms with van der Waals surface area (Å²) in [4.78, 5) is 29.9. The molecular weight excluding hydrogens is 465 g/mol. The second kappa shape index (κ2) is 10.5. The van der Waals surface area contributed by atoms with Gasteiger partial charge in [0.15, 0.2) is 5.13 Å². The lowest BCUT2D eigenvalue weighted by atomic mass is 10.1. The Bertz CT molecular complexity index is 1340. The molecule has 8 heteroatoms. The predicted octanol–water partition coefficient (Wildman–Crippen LogP) is 5.80. The highest BCUT2D eigenvalue weighted by molar-refractivity contribution is 7.14. The highest BCUT2D eigenvalue weighted by Crippen LogP contribution is 2.34. The van der Waals surface area contributed by atoms with Crippen LogP contribution in [0.3, 0.4) is 0 Å². The number of aliphatic carboxylic acids is 1. The molecule has 0 saturated heterocycles. The molecule has 1 heterocycles. The minimum absolute atomic E-state index is 0.329. The number of carbonyl (C=O) groups excluding carboxylic acids is 1. The first-order valence-corrected chi connectivity index (χ1v) is 11.9. The third-order valence-corrected chi connectivity index (χ3v) is 6.35. The van der Waals surface area contributed by atoms with Crippen LogP contribution in [-0.4, -0.2) is 28.0 Å². The number of amides is 1. The van der Waals surface area contributed by atoms with Crippen molar-refractivity contribution in [3.8, 4) is 11.3 Å². The number of thiazole rings is 1. The fourth-order valence-electron chi connectivity index (χ4n) is 3.46. The standard InChI is InChI=1S/C27H24FN3O3S/c1-17-7-11-20(12-8-17)23-16-35-27(30-23)31(24-6-4-3-5-22(24)28)15-19-9-13-21(14-10-19)25(32)29-18(2)26(33)34/h3-14,16,18H,15H2,1-2H3,(H,29,32)(H,33,34). The Morgan fingerprint density at radius 1 is 1.06 bits per heavy atom. The van der Waals surface area contributed by atoms with Crippen molar-refractivity contribution in [1.82, 2.24) is 10.3 Å². The SMILES string of the molecule is Cc1ccc(-c2csc(N(Cc3ccc(C(=O)NC(C)C(=O)O)cc3)c3ccccc3F)n2)cc1. The van der Waals surface area contributed by atoms with Crippen LogP contribution in [0, 0.1) is 12.7 Å². The van der Waals surface area contributed by atoms with E-state index in [0.717, 1.165) is 22.4 Å². The summed E-state index contributed by atoms with van der Waals surface area (Å²) in [6, 6.07) is 20.4. The molecule has 0 spiro atoms. The number of carboxylic acid groups (broad SMARTS) is 1. The molecular formula is C27H24FN3O3S. The number of nitrogens with one attached hydrogen (secondary N) is 1. The molecule has 2 N–H and O–H groups in total. The van der Waals surface area contributed by atoms with E-state index in [1.807, 2.05) is 36.6 Å². The zero-order chi connectivity index (χ0) is 24.9. The van der Waals surface area contributed by atoms with Gasteiger partial charge in [0, 0.05) is 16.5 Å². The number of nitrogens with zero attached hydrogens (tertiary/aromatic N) is 2. The Morgan fingerprint density at radius 2 is 1.74 bits per heavy atom. The molecule has 0 radical (unpaired) electrons. The van der Waals surface area contributed by atoms with Gasteiger partial charge >= 0.3 is 5.97 Å². The topological polar surface area (TPSA) is 82.5 Å². The maximum Gasteiger partial charge on any atom is 0.325 e. The quantitative estimate of drug-likeness (QED) is 0.327. The third kappa shape index (κ3) is 5.73. The van der Waals surface area contributed by atoms with Crippen LogP contribution >= 0.6 is 11.3 Å². The molecule has 1 amide bonds. The molecule has 1 unspecified atom stereocenters. The lowest BCUT2D eigenvalue weighted by Gasteiger charge is -2.23. The molecule has 3 aromatic carbocycles. The van der Waals surface area contributed by atoms with Gasteiger partial charge in [0.05, 0.1) is 17.9 Å². The summed E-state index contributed by atoms with van der Waals surface area (Å²) in [5.41, 5.74) is 4.53. The van der Waals surface area contributed by atoms with E-state index in [1.165, 1.54) is 24.3 Å². The van der Waals surface area contributed by atoms with E-state index in [4.69, 9.17) is 10.1 Å². The summed E-state index contributed by atoms with van der Waals surface area (Å²) >= 11 is 1.43. The summed E-state index contributed by atoms with van der Waals surface area (Å²) in [5, 5.41) is 14.0. The van der Waals surface area contributed by atoms with Crippen LogP contribution in [0.5, 0.6) is 0 Å². The van der Waals surface area contributed by atoms with Crippen molar-refractivity contribution in [2.45, 2.75) is 26.4 Å². The van der Waals surface area contributed by atoms with Crippen molar-refractivity contribution < 1.29 is 19.1 Å². The average molecular weight is 490 g/mol. The van der Waals surface area contributed by atoms with Crippen molar-refractivity contribution in [1.29, 1.82) is 0 Å². The predicted molar refractivity (Wildman–Crippen MR) is 136 cm³/mol. The molecule has 6 nitrogen and oxygen atoms in total. The zero-order valence-electron chi connectivity index (χ0n) is 19.2. The van der Waals surface area contributed by atoms with Crippen LogP contribution in [0.4, 0.5) is 15.2 Å². The fourth-order valence-corrected chi connectivity index (χ4v) is 4.30. The average Bonchev–Trinajstić information content (AvgIpc) is 3.34. The normalized spacial score (nSPS) is 11.6. The summed E-state index contributed by atoms with van der Waals surface area (Å²) in [5.74, 6) is -1.94. The van der Waals surface area contributed by atoms with Crippen LogP contribution in [0.25, 0.3) is 11.3 Å². The van der Waals surface area contributed by atoms with E-state index in [-0.39, 0.29) is 5.82 Å². The van der Waals surface area contributed by atoms with Crippen molar-refractivity contribution in [3.05, 3.63) is 101 Å². The number of hydrogen-bond donors (Lipinski definition) is 2. The minimum Gasteiger partial charge on any atom is -0.480 e. The van der Waals surface area contributed by atoms with Gasteiger partial charge in [0.25, 0.3) is 5.91 Å². The summed E-state index contributed by atoms with van der Waals surface area (Å²) in [6.45, 7) is 3.76. The zero-order valence-corrected chi connectivity index (χ0v) is 20.1. The van der Waals surface area contributed by atoms with Gasteiger partial charge in [-0.15, -0.1) is 11.3 Å². The first-order valence-electron chi connectivity index (χ1n) is 11.0. The first kappa shape index (κ1) is 24.1. The number of anilines is 2. The molecule has 0 aliphatic carbocycles. The van der Waals surface area contributed by atoms with Crippen LogP contribution in [-0.2, 0) is 11.3 Å². The number of halogens is 1. The summed E-state index contributed by atoms with van der Waals surface area (Å²) in [7, 11) is 0. The molecule has 0 aliphatic rings. The van der Waals surface area contributed by atoms with Gasteiger partial charge in [0.2, 0.25) is 0 Å². The second-order valence-corrected chi connectivity index (χ2v) is 8.99. The lowest BCUT2D eigenvalue weighted by Crippen LogP contribution is -2.38. The second-order valence-electron chi connectivity index (χ2n) is 8.15. The Hall–Kier alpha value is -4.04. The van der Waals surface area contributed by atoms with Crippen molar-refractivity contribution >= 4 is 34.0 Å². The number of carbonyl (C=O) groups is 2. The number of para-hydroxylation sites is 1. The van der Waals surface area contributed by atoms with Crippen molar-refractivity contribution in [2.24, 2.45) is 0 Å². The lowest BCUT2D eigenvalue weighted by molar-refractivity contribution is -0.138. The number of hydrogen-bond acceptors (Lipinski definition) is 5. The number of rotatable bonds is 8. The maximum atomic E-state index is 14.8. The van der Waals surface area contributed by atoms with Gasteiger partial charge in [-0.25, -0.2) is 9.37 Å². The Labute approximate surface area is 206 Å². The molecule has 4 rings (SSSR count). The fraction of sp³-hybridized carbons (Fsp3) is 0.148. The third-order valence-electron chi connectivity index (χ3n) is 5.49. The maximum absolute atomic E-state index is 14.8. The Kier molecular flexibility index (Phi) is 7.22. The Morgan fingerprint density at radius 3 is 2.40 bits per heavy atom. The van der Waals surface area contributed by atoms with Gasteiger partial charge in [-0.1, -0.05) is 54.1 Å². The molecule has 0 fully saturated rings. The highest BCUT2D eigenvalue weighted by Gasteiger charge is 2.19. The summed E-state index contributed by atoms with van der Waals surface area (Å²) in [6.07, 6.45) is 0. The van der Waals surface area contributed by atoms with Crippen LogP contribution in [0.1, 0.15) is 28.4 Å². The highest BCUT2D eigenvalue weighted by atomic mass is 32.1. The Balaban J connectivity index is 1.60. The van der Waals surface area contributed by atoms with E-state index in [2.05, 4.69) is 5.32 Å². The van der Waals surface area contributed by atoms with Crippen molar-refractivity contribution in [2.75, 3.05) is 4.90 Å². The molecule has 35 heavy (non-hydrogen) atoms. The number of carboxylic acids is 1. The van der Waals surface area contributed by atoms with Crippen LogP contribution in [0.2, 0.25) is 0 Å². The van der Waals surface area contributed by atoms with Gasteiger partial charge in [-0.3, -0.25) is 9.59 Å². The molecule has 1 aromatic heterocycles. The summed E-state index contributed by atoms with van der Waals surface area (Å²) < 4.78 is 14.8. The molecule has 178 valence electrons. The monoisotopic (exact) mass is 489 g/mol. The molecule has 4 aromatic rings. The molecule has 0 aliphatic heterocycles. The smallest absolute Gasteiger partial charge is 0.325 e.